The minimum atomic E-state index is 0.0343. The summed E-state index contributed by atoms with van der Waals surface area (Å²) in [6, 6.07) is 4.44. The van der Waals surface area contributed by atoms with Gasteiger partial charge in [0, 0.05) is 31.9 Å². The normalized spacial score (nSPS) is 26.7. The number of likely N-dealkylation sites (tertiary alicyclic amines) is 2. The van der Waals surface area contributed by atoms with Crippen LogP contribution in [0.1, 0.15) is 12.0 Å². The van der Waals surface area contributed by atoms with Gasteiger partial charge in [0.2, 0.25) is 5.91 Å². The predicted octanol–water partition coefficient (Wildman–Crippen LogP) is 0.964. The maximum atomic E-state index is 12.1. The van der Waals surface area contributed by atoms with Gasteiger partial charge in [-0.15, -0.1) is 0 Å². The van der Waals surface area contributed by atoms with Crippen LogP contribution < -0.4 is 5.32 Å². The Morgan fingerprint density at radius 3 is 3.05 bits per heavy atom. The zero-order chi connectivity index (χ0) is 14.1. The minimum absolute atomic E-state index is 0.0343. The summed E-state index contributed by atoms with van der Waals surface area (Å²) in [7, 11) is 2.19. The zero-order valence-corrected chi connectivity index (χ0v) is 12.2. The number of carbonyl (C=O) groups is 1. The Kier molecular flexibility index (Phi) is 3.72. The number of aryl methyl sites for hydroxylation is 1. The minimum Gasteiger partial charge on any atom is -0.310 e. The van der Waals surface area contributed by atoms with E-state index >= 15 is 0 Å². The Bertz CT molecular complexity index is 502. The molecule has 2 atom stereocenters. The van der Waals surface area contributed by atoms with E-state index in [1.807, 2.05) is 19.1 Å². The quantitative estimate of drug-likeness (QED) is 0.892. The van der Waals surface area contributed by atoms with E-state index in [9.17, 15) is 4.79 Å². The molecular weight excluding hydrogens is 252 g/mol. The SMILES string of the molecule is Cc1ccnc(NC(=O)CN2CC3CC(C2)N(C)C3)c1. The monoisotopic (exact) mass is 274 g/mol. The molecule has 2 aliphatic rings. The number of nitrogens with zero attached hydrogens (tertiary/aromatic N) is 3. The first kappa shape index (κ1) is 13.5. The van der Waals surface area contributed by atoms with Crippen LogP contribution in [0.25, 0.3) is 0 Å². The first-order valence-corrected chi connectivity index (χ1v) is 7.25. The summed E-state index contributed by atoms with van der Waals surface area (Å²) < 4.78 is 0. The molecule has 3 heterocycles. The van der Waals surface area contributed by atoms with Crippen LogP contribution in [0.4, 0.5) is 5.82 Å². The van der Waals surface area contributed by atoms with Crippen LogP contribution >= 0.6 is 0 Å². The molecule has 0 saturated carbocycles. The van der Waals surface area contributed by atoms with E-state index < -0.39 is 0 Å². The fourth-order valence-corrected chi connectivity index (χ4v) is 3.40. The number of pyridine rings is 1. The number of piperidine rings is 1. The van der Waals surface area contributed by atoms with Gasteiger partial charge in [-0.05, 0) is 44.0 Å². The molecule has 20 heavy (non-hydrogen) atoms. The number of rotatable bonds is 3. The summed E-state index contributed by atoms with van der Waals surface area (Å²) in [5.74, 6) is 1.41. The third kappa shape index (κ3) is 2.99. The Morgan fingerprint density at radius 1 is 1.45 bits per heavy atom. The van der Waals surface area contributed by atoms with Crippen molar-refractivity contribution in [3.63, 3.8) is 0 Å². The van der Waals surface area contributed by atoms with Crippen LogP contribution in [0.2, 0.25) is 0 Å². The number of amides is 1. The van der Waals surface area contributed by atoms with Gasteiger partial charge in [-0.1, -0.05) is 0 Å². The predicted molar refractivity (Wildman–Crippen MR) is 78.6 cm³/mol. The third-order valence-corrected chi connectivity index (χ3v) is 4.31. The second kappa shape index (κ2) is 5.50. The fraction of sp³-hybridized carbons (Fsp3) is 0.600. The van der Waals surface area contributed by atoms with Gasteiger partial charge in [0.05, 0.1) is 6.54 Å². The first-order chi connectivity index (χ1) is 9.60. The molecule has 0 spiro atoms. The average molecular weight is 274 g/mol. The van der Waals surface area contributed by atoms with Crippen LogP contribution in [0.3, 0.4) is 0 Å². The van der Waals surface area contributed by atoms with Gasteiger partial charge in [0.1, 0.15) is 5.82 Å². The summed E-state index contributed by atoms with van der Waals surface area (Å²) in [4.78, 5) is 21.0. The van der Waals surface area contributed by atoms with E-state index in [1.54, 1.807) is 6.20 Å². The van der Waals surface area contributed by atoms with Crippen LogP contribution in [-0.2, 0) is 4.79 Å². The highest BCUT2D eigenvalue weighted by Gasteiger charge is 2.36. The Labute approximate surface area is 120 Å². The first-order valence-electron chi connectivity index (χ1n) is 7.25. The van der Waals surface area contributed by atoms with Crippen molar-refractivity contribution in [3.8, 4) is 0 Å². The molecule has 0 aliphatic carbocycles. The number of hydrogen-bond acceptors (Lipinski definition) is 4. The molecule has 1 aromatic rings. The number of likely N-dealkylation sites (N-methyl/N-ethyl adjacent to an activating group) is 1. The molecule has 1 aromatic heterocycles. The number of carbonyl (C=O) groups excluding carboxylic acids is 1. The number of nitrogens with one attached hydrogen (secondary N) is 1. The van der Waals surface area contributed by atoms with E-state index in [0.717, 1.165) is 24.6 Å². The van der Waals surface area contributed by atoms with Gasteiger partial charge in [-0.2, -0.15) is 0 Å². The van der Waals surface area contributed by atoms with Gasteiger partial charge < -0.3 is 10.2 Å². The van der Waals surface area contributed by atoms with Crippen molar-refractivity contribution in [2.75, 3.05) is 38.5 Å². The third-order valence-electron chi connectivity index (χ3n) is 4.31. The Hall–Kier alpha value is -1.46. The highest BCUT2D eigenvalue weighted by molar-refractivity contribution is 5.91. The van der Waals surface area contributed by atoms with Gasteiger partial charge >= 0.3 is 0 Å². The molecular formula is C15H22N4O. The molecule has 3 rings (SSSR count). The summed E-state index contributed by atoms with van der Waals surface area (Å²) in [5.41, 5.74) is 1.10. The number of anilines is 1. The number of fused-ring (bicyclic) bond motifs is 2. The lowest BCUT2D eigenvalue weighted by Crippen LogP contribution is -2.44. The van der Waals surface area contributed by atoms with Crippen molar-refractivity contribution < 1.29 is 4.79 Å². The van der Waals surface area contributed by atoms with Crippen molar-refractivity contribution >= 4 is 11.7 Å². The maximum absolute atomic E-state index is 12.1. The average Bonchev–Trinajstić information content (AvgIpc) is 2.62. The molecule has 1 amide bonds. The van der Waals surface area contributed by atoms with Crippen LogP contribution in [0, 0.1) is 12.8 Å². The van der Waals surface area contributed by atoms with Crippen molar-refractivity contribution in [2.45, 2.75) is 19.4 Å². The topological polar surface area (TPSA) is 48.5 Å². The maximum Gasteiger partial charge on any atom is 0.239 e. The second-order valence-corrected chi connectivity index (χ2v) is 6.16. The molecule has 0 radical (unpaired) electrons. The van der Waals surface area contributed by atoms with Crippen molar-refractivity contribution in [3.05, 3.63) is 23.9 Å². The molecule has 2 bridgehead atoms. The largest absolute Gasteiger partial charge is 0.310 e. The van der Waals surface area contributed by atoms with Crippen LogP contribution in [0.15, 0.2) is 18.3 Å². The van der Waals surface area contributed by atoms with Gasteiger partial charge in [-0.25, -0.2) is 4.98 Å². The van der Waals surface area contributed by atoms with E-state index in [4.69, 9.17) is 0 Å². The molecule has 5 nitrogen and oxygen atoms in total. The van der Waals surface area contributed by atoms with Crippen molar-refractivity contribution in [1.29, 1.82) is 0 Å². The second-order valence-electron chi connectivity index (χ2n) is 6.16. The number of aromatic nitrogens is 1. The van der Waals surface area contributed by atoms with Crippen LogP contribution in [-0.4, -0.2) is 60.0 Å². The lowest BCUT2D eigenvalue weighted by molar-refractivity contribution is -0.117. The standard InChI is InChI=1S/C15H22N4O/c1-11-3-4-16-14(5-11)17-15(20)10-19-8-12-6-13(9-19)18(2)7-12/h3-5,12-13H,6-10H2,1-2H3,(H,16,17,20). The summed E-state index contributed by atoms with van der Waals surface area (Å²) in [5, 5.41) is 2.89. The lowest BCUT2D eigenvalue weighted by atomic mass is 10.00. The van der Waals surface area contributed by atoms with Gasteiger partial charge in [-0.3, -0.25) is 9.69 Å². The highest BCUT2D eigenvalue weighted by atomic mass is 16.2. The molecule has 2 aliphatic heterocycles. The smallest absolute Gasteiger partial charge is 0.239 e. The van der Waals surface area contributed by atoms with Gasteiger partial charge in [0.25, 0.3) is 0 Å². The van der Waals surface area contributed by atoms with Gasteiger partial charge in [0.15, 0.2) is 0 Å². The molecule has 5 heteroatoms. The lowest BCUT2D eigenvalue weighted by Gasteiger charge is -2.31. The van der Waals surface area contributed by atoms with E-state index in [0.29, 0.717) is 18.4 Å². The van der Waals surface area contributed by atoms with Crippen molar-refractivity contribution in [2.24, 2.45) is 5.92 Å². The molecule has 2 saturated heterocycles. The summed E-state index contributed by atoms with van der Waals surface area (Å²) in [6.45, 7) is 5.67. The Morgan fingerprint density at radius 2 is 2.30 bits per heavy atom. The highest BCUT2D eigenvalue weighted by Crippen LogP contribution is 2.27. The molecule has 108 valence electrons. The Balaban J connectivity index is 1.54. The molecule has 2 fully saturated rings. The van der Waals surface area contributed by atoms with E-state index in [2.05, 4.69) is 27.1 Å². The number of hydrogen-bond donors (Lipinski definition) is 1. The van der Waals surface area contributed by atoms with Crippen LogP contribution in [0.5, 0.6) is 0 Å². The molecule has 0 aromatic carbocycles. The zero-order valence-electron chi connectivity index (χ0n) is 12.2. The fourth-order valence-electron chi connectivity index (χ4n) is 3.40. The molecule has 1 N–H and O–H groups in total. The summed E-state index contributed by atoms with van der Waals surface area (Å²) in [6.07, 6.45) is 3.01. The van der Waals surface area contributed by atoms with E-state index in [1.165, 1.54) is 13.0 Å². The van der Waals surface area contributed by atoms with Crippen molar-refractivity contribution in [1.82, 2.24) is 14.8 Å². The summed E-state index contributed by atoms with van der Waals surface area (Å²) >= 11 is 0. The van der Waals surface area contributed by atoms with E-state index in [-0.39, 0.29) is 5.91 Å². The molecule has 2 unspecified atom stereocenters.